The van der Waals surface area contributed by atoms with Crippen LogP contribution in [0.15, 0.2) is 18.2 Å². The van der Waals surface area contributed by atoms with E-state index < -0.39 is 4.92 Å². The van der Waals surface area contributed by atoms with Crippen molar-refractivity contribution in [2.75, 3.05) is 13.1 Å². The van der Waals surface area contributed by atoms with Gasteiger partial charge in [0.15, 0.2) is 0 Å². The van der Waals surface area contributed by atoms with Crippen LogP contribution in [0.1, 0.15) is 12.0 Å². The molecule has 0 saturated carbocycles. The van der Waals surface area contributed by atoms with Crippen molar-refractivity contribution in [3.63, 3.8) is 0 Å². The molecule has 5 nitrogen and oxygen atoms in total. The predicted octanol–water partition coefficient (Wildman–Crippen LogP) is 1.76. The van der Waals surface area contributed by atoms with Gasteiger partial charge in [-0.15, -0.1) is 0 Å². The van der Waals surface area contributed by atoms with Crippen LogP contribution in [0.2, 0.25) is 5.02 Å². The molecule has 1 aliphatic heterocycles. The van der Waals surface area contributed by atoms with Gasteiger partial charge < -0.3 is 10.4 Å². The highest BCUT2D eigenvalue weighted by Gasteiger charge is 2.24. The van der Waals surface area contributed by atoms with Gasteiger partial charge in [0.05, 0.1) is 16.0 Å². The molecule has 0 spiro atoms. The SMILES string of the molecule is O=[N+]([O-])c1ccc(CC2CNCCC2O)c(Cl)c1. The van der Waals surface area contributed by atoms with Crippen LogP contribution in [0.5, 0.6) is 0 Å². The topological polar surface area (TPSA) is 75.4 Å². The average Bonchev–Trinajstić information content (AvgIpc) is 2.34. The number of aliphatic hydroxyl groups is 1. The summed E-state index contributed by atoms with van der Waals surface area (Å²) in [7, 11) is 0. The van der Waals surface area contributed by atoms with Gasteiger partial charge in [0, 0.05) is 24.6 Å². The number of non-ortho nitro benzene ring substituents is 1. The minimum absolute atomic E-state index is 0.00827. The van der Waals surface area contributed by atoms with E-state index in [-0.39, 0.29) is 17.7 Å². The van der Waals surface area contributed by atoms with Crippen LogP contribution in [-0.4, -0.2) is 29.2 Å². The van der Waals surface area contributed by atoms with Gasteiger partial charge in [-0.3, -0.25) is 10.1 Å². The van der Waals surface area contributed by atoms with E-state index in [0.717, 1.165) is 25.1 Å². The molecule has 1 fully saturated rings. The van der Waals surface area contributed by atoms with E-state index >= 15 is 0 Å². The fraction of sp³-hybridized carbons (Fsp3) is 0.500. The van der Waals surface area contributed by atoms with Crippen molar-refractivity contribution in [1.82, 2.24) is 5.32 Å². The molecular formula is C12H15ClN2O3. The molecule has 98 valence electrons. The van der Waals surface area contributed by atoms with Gasteiger partial charge in [-0.25, -0.2) is 0 Å². The number of aliphatic hydroxyl groups excluding tert-OH is 1. The molecular weight excluding hydrogens is 256 g/mol. The summed E-state index contributed by atoms with van der Waals surface area (Å²) in [6.45, 7) is 1.57. The first kappa shape index (κ1) is 13.3. The number of hydrogen-bond acceptors (Lipinski definition) is 4. The van der Waals surface area contributed by atoms with Gasteiger partial charge in [0.25, 0.3) is 5.69 Å². The summed E-state index contributed by atoms with van der Waals surface area (Å²) >= 11 is 6.03. The van der Waals surface area contributed by atoms with Crippen LogP contribution in [0.4, 0.5) is 5.69 Å². The lowest BCUT2D eigenvalue weighted by molar-refractivity contribution is -0.384. The lowest BCUT2D eigenvalue weighted by Gasteiger charge is -2.28. The minimum atomic E-state index is -0.466. The zero-order chi connectivity index (χ0) is 13.1. The zero-order valence-electron chi connectivity index (χ0n) is 9.80. The summed E-state index contributed by atoms with van der Waals surface area (Å²) in [4.78, 5) is 10.1. The molecule has 2 rings (SSSR count). The Morgan fingerprint density at radius 2 is 2.33 bits per heavy atom. The fourth-order valence-electron chi connectivity index (χ4n) is 2.22. The third-order valence-corrected chi connectivity index (χ3v) is 3.65. The number of benzene rings is 1. The highest BCUT2D eigenvalue weighted by atomic mass is 35.5. The van der Waals surface area contributed by atoms with Crippen LogP contribution >= 0.6 is 11.6 Å². The number of halogens is 1. The summed E-state index contributed by atoms with van der Waals surface area (Å²) in [6.07, 6.45) is 1.03. The van der Waals surface area contributed by atoms with Gasteiger partial charge in [0.2, 0.25) is 0 Å². The van der Waals surface area contributed by atoms with E-state index in [1.54, 1.807) is 6.07 Å². The summed E-state index contributed by atoms with van der Waals surface area (Å²) < 4.78 is 0. The van der Waals surface area contributed by atoms with Crippen molar-refractivity contribution in [2.24, 2.45) is 5.92 Å². The number of rotatable bonds is 3. The molecule has 1 saturated heterocycles. The number of nitro benzene ring substituents is 1. The maximum Gasteiger partial charge on any atom is 0.270 e. The Hall–Kier alpha value is -1.17. The number of piperidine rings is 1. The molecule has 1 heterocycles. The Bertz CT molecular complexity index is 453. The zero-order valence-corrected chi connectivity index (χ0v) is 10.6. The van der Waals surface area contributed by atoms with Crippen LogP contribution < -0.4 is 5.32 Å². The van der Waals surface area contributed by atoms with Gasteiger partial charge >= 0.3 is 0 Å². The Balaban J connectivity index is 2.11. The monoisotopic (exact) mass is 270 g/mol. The summed E-state index contributed by atoms with van der Waals surface area (Å²) in [5.74, 6) is 0.109. The first-order chi connectivity index (χ1) is 8.58. The van der Waals surface area contributed by atoms with Crippen molar-refractivity contribution in [3.05, 3.63) is 38.9 Å². The van der Waals surface area contributed by atoms with E-state index in [1.165, 1.54) is 12.1 Å². The van der Waals surface area contributed by atoms with E-state index in [4.69, 9.17) is 11.6 Å². The van der Waals surface area contributed by atoms with E-state index in [1.807, 2.05) is 0 Å². The third kappa shape index (κ3) is 2.98. The first-order valence-corrected chi connectivity index (χ1v) is 6.27. The van der Waals surface area contributed by atoms with E-state index in [2.05, 4.69) is 5.32 Å². The second-order valence-electron chi connectivity index (χ2n) is 4.56. The normalized spacial score (nSPS) is 23.9. The smallest absolute Gasteiger partial charge is 0.270 e. The quantitative estimate of drug-likeness (QED) is 0.648. The molecule has 2 atom stereocenters. The van der Waals surface area contributed by atoms with Crippen LogP contribution in [0, 0.1) is 16.0 Å². The number of nitrogens with one attached hydrogen (secondary N) is 1. The molecule has 1 aromatic rings. The van der Waals surface area contributed by atoms with Crippen LogP contribution in [0.25, 0.3) is 0 Å². The molecule has 0 aliphatic carbocycles. The van der Waals surface area contributed by atoms with Crippen molar-refractivity contribution in [3.8, 4) is 0 Å². The maximum atomic E-state index is 10.6. The number of nitro groups is 1. The van der Waals surface area contributed by atoms with Crippen molar-refractivity contribution in [2.45, 2.75) is 18.9 Å². The molecule has 1 aromatic carbocycles. The molecule has 2 unspecified atom stereocenters. The van der Waals surface area contributed by atoms with Crippen LogP contribution in [0.3, 0.4) is 0 Å². The lowest BCUT2D eigenvalue weighted by Crippen LogP contribution is -2.40. The largest absolute Gasteiger partial charge is 0.393 e. The molecule has 0 aromatic heterocycles. The lowest BCUT2D eigenvalue weighted by atomic mass is 9.89. The van der Waals surface area contributed by atoms with Gasteiger partial charge in [-0.05, 0) is 24.9 Å². The van der Waals surface area contributed by atoms with Crippen molar-refractivity contribution >= 4 is 17.3 Å². The second kappa shape index (κ2) is 5.65. The summed E-state index contributed by atoms with van der Waals surface area (Å²) in [5.41, 5.74) is 0.834. The second-order valence-corrected chi connectivity index (χ2v) is 4.96. The Labute approximate surface area is 110 Å². The highest BCUT2D eigenvalue weighted by Crippen LogP contribution is 2.26. The molecule has 2 N–H and O–H groups in total. The Morgan fingerprint density at radius 3 is 2.94 bits per heavy atom. The van der Waals surface area contributed by atoms with E-state index in [9.17, 15) is 15.2 Å². The van der Waals surface area contributed by atoms with E-state index in [0.29, 0.717) is 11.4 Å². The summed E-state index contributed by atoms with van der Waals surface area (Å²) in [6, 6.07) is 4.48. The molecule has 1 aliphatic rings. The highest BCUT2D eigenvalue weighted by molar-refractivity contribution is 6.31. The number of nitrogens with zero attached hydrogens (tertiary/aromatic N) is 1. The molecule has 0 bridgehead atoms. The van der Waals surface area contributed by atoms with Crippen molar-refractivity contribution < 1.29 is 10.0 Å². The fourth-order valence-corrected chi connectivity index (χ4v) is 2.47. The molecule has 0 radical (unpaired) electrons. The molecule has 6 heteroatoms. The minimum Gasteiger partial charge on any atom is -0.393 e. The predicted molar refractivity (Wildman–Crippen MR) is 68.8 cm³/mol. The summed E-state index contributed by atoms with van der Waals surface area (Å²) in [5, 5.41) is 24.1. The standard InChI is InChI=1S/C12H15ClN2O3/c13-11-6-10(15(17)18)2-1-8(11)5-9-7-14-4-3-12(9)16/h1-2,6,9,12,14,16H,3-5,7H2. The van der Waals surface area contributed by atoms with Gasteiger partial charge in [-0.2, -0.15) is 0 Å². The van der Waals surface area contributed by atoms with Gasteiger partial charge in [-0.1, -0.05) is 17.7 Å². The molecule has 0 amide bonds. The maximum absolute atomic E-state index is 10.6. The third-order valence-electron chi connectivity index (χ3n) is 3.30. The van der Waals surface area contributed by atoms with Gasteiger partial charge in [0.1, 0.15) is 0 Å². The Kier molecular flexibility index (Phi) is 4.16. The van der Waals surface area contributed by atoms with Crippen molar-refractivity contribution in [1.29, 1.82) is 0 Å². The molecule has 18 heavy (non-hydrogen) atoms. The Morgan fingerprint density at radius 1 is 1.56 bits per heavy atom. The first-order valence-electron chi connectivity index (χ1n) is 5.89. The number of hydrogen-bond donors (Lipinski definition) is 2. The van der Waals surface area contributed by atoms with Crippen LogP contribution in [-0.2, 0) is 6.42 Å². The average molecular weight is 271 g/mol.